The monoisotopic (exact) mass is 348 g/mol. The number of aromatic nitrogens is 2. The van der Waals surface area contributed by atoms with Gasteiger partial charge in [-0.25, -0.2) is 4.98 Å². The number of rotatable bonds is 3. The highest BCUT2D eigenvalue weighted by Crippen LogP contribution is 2.26. The molecule has 130 valence electrons. The summed E-state index contributed by atoms with van der Waals surface area (Å²) in [6.45, 7) is 11.3. The Balaban J connectivity index is 1.67. The lowest BCUT2D eigenvalue weighted by atomic mass is 10.1. The number of carbonyl (C=O) groups is 1. The third-order valence-electron chi connectivity index (χ3n) is 4.40. The quantitative estimate of drug-likeness (QED) is 0.852. The van der Waals surface area contributed by atoms with Crippen LogP contribution in [-0.2, 0) is 0 Å². The molecule has 0 bridgehead atoms. The summed E-state index contributed by atoms with van der Waals surface area (Å²) in [6.07, 6.45) is 0.925. The molecule has 3 heterocycles. The Labute approximate surface area is 146 Å². The maximum Gasteiger partial charge on any atom is 0.292 e. The molecule has 1 amide bonds. The first kappa shape index (κ1) is 17.0. The Bertz CT molecular complexity index is 702. The summed E-state index contributed by atoms with van der Waals surface area (Å²) >= 11 is 1.73. The number of carbonyl (C=O) groups excluding carboxylic acids is 1. The zero-order valence-corrected chi connectivity index (χ0v) is 15.5. The number of hydrogen-bond acceptors (Lipinski definition) is 6. The van der Waals surface area contributed by atoms with Gasteiger partial charge in [-0.15, -0.1) is 11.3 Å². The molecular formula is C17H24N4O2S. The maximum atomic E-state index is 12.7. The molecule has 1 fully saturated rings. The molecule has 0 saturated carbocycles. The highest BCUT2D eigenvalue weighted by atomic mass is 32.1. The van der Waals surface area contributed by atoms with Crippen LogP contribution in [0.1, 0.15) is 53.0 Å². The Morgan fingerprint density at radius 1 is 1.25 bits per heavy atom. The third kappa shape index (κ3) is 3.45. The standard InChI is InChI=1S/C17H24N4O2S/c1-11(2)14-10-15(23-19-14)16(22)20-6-5-7-21(9-8-20)17-18-12(3)13(4)24-17/h10-11H,5-9H2,1-4H3. The molecule has 2 aromatic rings. The van der Waals surface area contributed by atoms with Crippen molar-refractivity contribution in [1.82, 2.24) is 15.0 Å². The minimum Gasteiger partial charge on any atom is -0.351 e. The molecule has 24 heavy (non-hydrogen) atoms. The molecule has 0 radical (unpaired) electrons. The molecule has 0 N–H and O–H groups in total. The van der Waals surface area contributed by atoms with Crippen molar-refractivity contribution in [2.75, 3.05) is 31.1 Å². The largest absolute Gasteiger partial charge is 0.351 e. The van der Waals surface area contributed by atoms with Gasteiger partial charge in [-0.05, 0) is 26.2 Å². The van der Waals surface area contributed by atoms with Gasteiger partial charge in [0.15, 0.2) is 5.13 Å². The van der Waals surface area contributed by atoms with Crippen LogP contribution < -0.4 is 4.90 Å². The van der Waals surface area contributed by atoms with E-state index in [4.69, 9.17) is 4.52 Å². The Morgan fingerprint density at radius 3 is 2.67 bits per heavy atom. The van der Waals surface area contributed by atoms with E-state index < -0.39 is 0 Å². The molecule has 6 nitrogen and oxygen atoms in total. The number of anilines is 1. The molecule has 0 aliphatic carbocycles. The summed E-state index contributed by atoms with van der Waals surface area (Å²) in [5, 5.41) is 5.05. The Hall–Kier alpha value is -1.89. The van der Waals surface area contributed by atoms with Crippen LogP contribution in [0.15, 0.2) is 10.6 Å². The lowest BCUT2D eigenvalue weighted by Crippen LogP contribution is -2.35. The van der Waals surface area contributed by atoms with Gasteiger partial charge < -0.3 is 14.3 Å². The zero-order chi connectivity index (χ0) is 17.3. The van der Waals surface area contributed by atoms with Gasteiger partial charge in [0.2, 0.25) is 5.76 Å². The number of aryl methyl sites for hydroxylation is 2. The molecule has 1 saturated heterocycles. The SMILES string of the molecule is Cc1nc(N2CCCN(C(=O)c3cc(C(C)C)no3)CC2)sc1C. The van der Waals surface area contributed by atoms with Crippen LogP contribution in [0.5, 0.6) is 0 Å². The number of amides is 1. The lowest BCUT2D eigenvalue weighted by Gasteiger charge is -2.20. The normalized spacial score (nSPS) is 15.9. The van der Waals surface area contributed by atoms with E-state index in [9.17, 15) is 4.79 Å². The smallest absolute Gasteiger partial charge is 0.292 e. The van der Waals surface area contributed by atoms with Crippen molar-refractivity contribution in [3.63, 3.8) is 0 Å². The van der Waals surface area contributed by atoms with Crippen LogP contribution in [0.25, 0.3) is 0 Å². The molecule has 3 rings (SSSR count). The van der Waals surface area contributed by atoms with Gasteiger partial charge in [0.25, 0.3) is 5.91 Å². The molecule has 2 aromatic heterocycles. The van der Waals surface area contributed by atoms with Crippen LogP contribution in [0.4, 0.5) is 5.13 Å². The van der Waals surface area contributed by atoms with Crippen LogP contribution in [-0.4, -0.2) is 47.1 Å². The average Bonchev–Trinajstić information content (AvgIpc) is 3.07. The minimum atomic E-state index is -0.0669. The first-order valence-electron chi connectivity index (χ1n) is 8.40. The number of hydrogen-bond donors (Lipinski definition) is 0. The van der Waals surface area contributed by atoms with Crippen molar-refractivity contribution < 1.29 is 9.32 Å². The molecule has 0 unspecified atom stereocenters. The molecular weight excluding hydrogens is 324 g/mol. The third-order valence-corrected chi connectivity index (χ3v) is 5.54. The average molecular weight is 348 g/mol. The molecule has 7 heteroatoms. The fourth-order valence-corrected chi connectivity index (χ4v) is 3.68. The summed E-state index contributed by atoms with van der Waals surface area (Å²) in [6, 6.07) is 1.77. The predicted molar refractivity (Wildman–Crippen MR) is 94.9 cm³/mol. The molecule has 0 spiro atoms. The molecule has 1 aliphatic rings. The van der Waals surface area contributed by atoms with E-state index in [0.29, 0.717) is 12.3 Å². The van der Waals surface area contributed by atoms with Crippen LogP contribution in [0.3, 0.4) is 0 Å². The second kappa shape index (κ2) is 6.93. The van der Waals surface area contributed by atoms with Crippen molar-refractivity contribution in [3.05, 3.63) is 28.1 Å². The van der Waals surface area contributed by atoms with Gasteiger partial charge >= 0.3 is 0 Å². The highest BCUT2D eigenvalue weighted by Gasteiger charge is 2.25. The van der Waals surface area contributed by atoms with Gasteiger partial charge in [0.05, 0.1) is 11.4 Å². The molecule has 0 atom stereocenters. The summed E-state index contributed by atoms with van der Waals surface area (Å²) in [5.74, 6) is 0.530. The van der Waals surface area contributed by atoms with Crippen molar-refractivity contribution in [1.29, 1.82) is 0 Å². The fraction of sp³-hybridized carbons (Fsp3) is 0.588. The van der Waals surface area contributed by atoms with E-state index in [0.717, 1.165) is 42.6 Å². The predicted octanol–water partition coefficient (Wildman–Crippen LogP) is 3.22. The first-order chi connectivity index (χ1) is 11.5. The number of nitrogens with zero attached hydrogens (tertiary/aromatic N) is 4. The second-order valence-corrected chi connectivity index (χ2v) is 7.72. The van der Waals surface area contributed by atoms with Crippen molar-refractivity contribution in [3.8, 4) is 0 Å². The van der Waals surface area contributed by atoms with Crippen LogP contribution in [0, 0.1) is 13.8 Å². The second-order valence-electron chi connectivity index (χ2n) is 6.54. The van der Waals surface area contributed by atoms with E-state index in [2.05, 4.69) is 22.0 Å². The van der Waals surface area contributed by atoms with Crippen LogP contribution >= 0.6 is 11.3 Å². The topological polar surface area (TPSA) is 62.5 Å². The van der Waals surface area contributed by atoms with E-state index in [1.54, 1.807) is 17.4 Å². The highest BCUT2D eigenvalue weighted by molar-refractivity contribution is 7.15. The van der Waals surface area contributed by atoms with E-state index >= 15 is 0 Å². The Morgan fingerprint density at radius 2 is 2.04 bits per heavy atom. The van der Waals surface area contributed by atoms with Gasteiger partial charge in [0.1, 0.15) is 0 Å². The van der Waals surface area contributed by atoms with Gasteiger partial charge in [-0.2, -0.15) is 0 Å². The van der Waals surface area contributed by atoms with Crippen LogP contribution in [0.2, 0.25) is 0 Å². The lowest BCUT2D eigenvalue weighted by molar-refractivity contribution is 0.0725. The Kier molecular flexibility index (Phi) is 4.89. The summed E-state index contributed by atoms with van der Waals surface area (Å²) in [7, 11) is 0. The summed E-state index contributed by atoms with van der Waals surface area (Å²) in [4.78, 5) is 22.7. The summed E-state index contributed by atoms with van der Waals surface area (Å²) in [5.41, 5.74) is 1.92. The van der Waals surface area contributed by atoms with Crippen molar-refractivity contribution in [2.45, 2.75) is 40.0 Å². The van der Waals surface area contributed by atoms with E-state index in [1.807, 2.05) is 25.7 Å². The van der Waals surface area contributed by atoms with Gasteiger partial charge in [-0.1, -0.05) is 19.0 Å². The fourth-order valence-electron chi connectivity index (χ4n) is 2.72. The van der Waals surface area contributed by atoms with E-state index in [-0.39, 0.29) is 11.8 Å². The number of thiazole rings is 1. The maximum absolute atomic E-state index is 12.7. The summed E-state index contributed by atoms with van der Waals surface area (Å²) < 4.78 is 5.25. The van der Waals surface area contributed by atoms with Gasteiger partial charge in [0, 0.05) is 37.1 Å². The zero-order valence-electron chi connectivity index (χ0n) is 14.7. The van der Waals surface area contributed by atoms with Crippen molar-refractivity contribution >= 4 is 22.4 Å². The van der Waals surface area contributed by atoms with Gasteiger partial charge in [-0.3, -0.25) is 4.79 Å². The molecule has 0 aromatic carbocycles. The van der Waals surface area contributed by atoms with E-state index in [1.165, 1.54) is 4.88 Å². The molecule has 1 aliphatic heterocycles. The first-order valence-corrected chi connectivity index (χ1v) is 9.22. The minimum absolute atomic E-state index is 0.0669. The van der Waals surface area contributed by atoms with Crippen molar-refractivity contribution in [2.24, 2.45) is 0 Å².